The van der Waals surface area contributed by atoms with Crippen molar-refractivity contribution in [1.82, 2.24) is 25.0 Å². The lowest BCUT2D eigenvalue weighted by Gasteiger charge is -2.38. The maximum Gasteiger partial charge on any atom is 0.429 e. The van der Waals surface area contributed by atoms with Crippen molar-refractivity contribution in [3.63, 3.8) is 0 Å². The Kier molecular flexibility index (Phi) is 12.7. The topological polar surface area (TPSA) is 97.9 Å². The van der Waals surface area contributed by atoms with Crippen LogP contribution < -0.4 is 10.3 Å². The molecule has 50 heavy (non-hydrogen) atoms. The molecule has 0 aromatic heterocycles. The molecule has 6 rings (SSSR count). The van der Waals surface area contributed by atoms with Crippen LogP contribution in [-0.4, -0.2) is 116 Å². The van der Waals surface area contributed by atoms with Gasteiger partial charge in [-0.3, -0.25) is 9.69 Å². The number of rotatable bonds is 11. The van der Waals surface area contributed by atoms with Crippen LogP contribution in [0.15, 0.2) is 78.9 Å². The second-order valence-corrected chi connectivity index (χ2v) is 12.9. The third-order valence-electron chi connectivity index (χ3n) is 9.50. The number of hydrazine groups is 1. The number of para-hydroxylation sites is 1. The predicted molar refractivity (Wildman–Crippen MR) is 193 cm³/mol. The maximum atomic E-state index is 13.6. The molecule has 3 heterocycles. The summed E-state index contributed by atoms with van der Waals surface area (Å²) in [5.74, 6) is -0.0764. The Hall–Kier alpha value is -4.45. The number of aryl methyl sites for hydroxylation is 1. The first-order valence-corrected chi connectivity index (χ1v) is 17.9. The molecule has 0 bridgehead atoms. The monoisotopic (exact) mass is 681 g/mol. The predicted octanol–water partition coefficient (Wildman–Crippen LogP) is 4.83. The molecule has 3 aliphatic heterocycles. The van der Waals surface area contributed by atoms with Gasteiger partial charge in [0.15, 0.2) is 0 Å². The fraction of sp³-hybridized carbons (Fsp3) is 0.436. The summed E-state index contributed by atoms with van der Waals surface area (Å²) in [6.07, 6.45) is 4.57. The van der Waals surface area contributed by atoms with Gasteiger partial charge in [0.1, 0.15) is 6.61 Å². The summed E-state index contributed by atoms with van der Waals surface area (Å²) in [4.78, 5) is 45.2. The van der Waals surface area contributed by atoms with E-state index in [9.17, 15) is 14.4 Å². The molecule has 0 atom stereocenters. The summed E-state index contributed by atoms with van der Waals surface area (Å²) in [6, 6.07) is 26.5. The van der Waals surface area contributed by atoms with Gasteiger partial charge in [0, 0.05) is 70.9 Å². The number of ether oxygens (including phenoxy) is 2. The molecule has 3 aromatic rings. The number of benzene rings is 3. The van der Waals surface area contributed by atoms with E-state index >= 15 is 0 Å². The van der Waals surface area contributed by atoms with E-state index in [4.69, 9.17) is 9.47 Å². The van der Waals surface area contributed by atoms with Crippen LogP contribution in [0.2, 0.25) is 0 Å². The second kappa shape index (κ2) is 18.0. The first-order chi connectivity index (χ1) is 24.5. The smallest absolute Gasteiger partial charge is 0.429 e. The molecule has 0 unspecified atom stereocenters. The number of morpholine rings is 1. The fourth-order valence-corrected chi connectivity index (χ4v) is 6.68. The van der Waals surface area contributed by atoms with Crippen molar-refractivity contribution in [2.75, 3.05) is 83.7 Å². The van der Waals surface area contributed by atoms with E-state index in [1.165, 1.54) is 5.56 Å². The zero-order valence-electron chi connectivity index (χ0n) is 28.9. The molecule has 3 fully saturated rings. The van der Waals surface area contributed by atoms with Crippen LogP contribution in [0.25, 0.3) is 11.1 Å². The minimum atomic E-state index is -0.451. The van der Waals surface area contributed by atoms with Crippen molar-refractivity contribution in [3.05, 3.63) is 96.4 Å². The Bertz CT molecular complexity index is 1530. The van der Waals surface area contributed by atoms with Gasteiger partial charge >= 0.3 is 12.1 Å². The van der Waals surface area contributed by atoms with E-state index in [-0.39, 0.29) is 25.1 Å². The molecule has 1 radical (unpaired) electrons. The average Bonchev–Trinajstić information content (AvgIpc) is 3.18. The summed E-state index contributed by atoms with van der Waals surface area (Å²) >= 11 is 0. The largest absolute Gasteiger partial charge is 0.446 e. The Morgan fingerprint density at radius 3 is 2.14 bits per heavy atom. The van der Waals surface area contributed by atoms with E-state index in [2.05, 4.69) is 40.9 Å². The third-order valence-corrected chi connectivity index (χ3v) is 9.50. The van der Waals surface area contributed by atoms with Gasteiger partial charge < -0.3 is 24.6 Å². The lowest BCUT2D eigenvalue weighted by Crippen LogP contribution is -2.54. The van der Waals surface area contributed by atoms with Crippen molar-refractivity contribution in [1.29, 1.82) is 0 Å². The number of piperazine rings is 1. The van der Waals surface area contributed by atoms with Crippen LogP contribution in [0.5, 0.6) is 0 Å². The van der Waals surface area contributed by atoms with E-state index in [0.717, 1.165) is 81.0 Å². The lowest BCUT2D eigenvalue weighted by molar-refractivity contribution is -0.121. The fourth-order valence-electron chi connectivity index (χ4n) is 6.68. The van der Waals surface area contributed by atoms with Crippen LogP contribution in [-0.2, 0) is 27.2 Å². The van der Waals surface area contributed by atoms with Crippen LogP contribution >= 0.6 is 0 Å². The highest BCUT2D eigenvalue weighted by atomic mass is 16.6. The van der Waals surface area contributed by atoms with E-state index < -0.39 is 6.09 Å². The Morgan fingerprint density at radius 2 is 1.40 bits per heavy atom. The molecule has 3 aliphatic rings. The number of anilines is 1. The molecule has 4 amide bonds. The number of urea groups is 1. The number of nitrogens with zero attached hydrogens (tertiary/aromatic N) is 5. The molecule has 0 aliphatic carbocycles. The minimum absolute atomic E-state index is 0.0764. The van der Waals surface area contributed by atoms with Gasteiger partial charge in [-0.2, -0.15) is 0 Å². The zero-order valence-corrected chi connectivity index (χ0v) is 28.9. The summed E-state index contributed by atoms with van der Waals surface area (Å²) in [7, 11) is 0. The highest BCUT2D eigenvalue weighted by molar-refractivity contribution is 5.93. The van der Waals surface area contributed by atoms with Crippen LogP contribution in [0.3, 0.4) is 0 Å². The molecular formula is C39H49N6O5. The molecule has 265 valence electrons. The van der Waals surface area contributed by atoms with Crippen molar-refractivity contribution >= 4 is 23.7 Å². The summed E-state index contributed by atoms with van der Waals surface area (Å²) in [5, 5.41) is 6.61. The van der Waals surface area contributed by atoms with Crippen molar-refractivity contribution in [2.24, 2.45) is 0 Å². The lowest BCUT2D eigenvalue weighted by atomic mass is 10.0. The summed E-state index contributed by atoms with van der Waals surface area (Å²) in [5.41, 5.74) is 5.08. The van der Waals surface area contributed by atoms with Crippen LogP contribution in [0, 0.1) is 6.42 Å². The van der Waals surface area contributed by atoms with Crippen LogP contribution in [0.1, 0.15) is 30.4 Å². The molecule has 11 heteroatoms. The van der Waals surface area contributed by atoms with Crippen molar-refractivity contribution in [2.45, 2.75) is 32.2 Å². The molecule has 3 saturated heterocycles. The Labute approximate surface area is 295 Å². The molecule has 3 aromatic carbocycles. The summed E-state index contributed by atoms with van der Waals surface area (Å²) < 4.78 is 11.1. The average molecular weight is 682 g/mol. The Morgan fingerprint density at radius 1 is 0.740 bits per heavy atom. The number of piperidine rings is 1. The molecule has 11 nitrogen and oxygen atoms in total. The van der Waals surface area contributed by atoms with E-state index in [1.54, 1.807) is 5.01 Å². The van der Waals surface area contributed by atoms with Gasteiger partial charge in [0.2, 0.25) is 5.91 Å². The third kappa shape index (κ3) is 9.62. The summed E-state index contributed by atoms with van der Waals surface area (Å²) in [6.45, 7) is 8.37. The number of hydrogen-bond acceptors (Lipinski definition) is 7. The van der Waals surface area contributed by atoms with Gasteiger partial charge in [-0.05, 0) is 48.4 Å². The molecular weight excluding hydrogens is 632 g/mol. The number of carbonyl (C=O) groups excluding carboxylic acids is 3. The van der Waals surface area contributed by atoms with Gasteiger partial charge in [-0.25, -0.2) is 19.6 Å². The second-order valence-electron chi connectivity index (χ2n) is 12.9. The van der Waals surface area contributed by atoms with Crippen LogP contribution in [0.4, 0.5) is 15.3 Å². The zero-order chi connectivity index (χ0) is 34.5. The van der Waals surface area contributed by atoms with Gasteiger partial charge in [0.05, 0.1) is 25.4 Å². The minimum Gasteiger partial charge on any atom is -0.446 e. The standard InChI is InChI=1S/C39H49N6O5/c46-37(18-17-32-13-15-33(16-14-32)31-41-22-24-42(25-23-41)38(47)43-26-29-49-30-27-43)40-19-28-50-39(48)45(44-20-7-2-8-21-44)36-12-6-5-11-35(36)34-9-3-1-4-10-34/h1-6,9-16H,7-8,17-31H2,(H,40,46). The highest BCUT2D eigenvalue weighted by Gasteiger charge is 2.29. The SMILES string of the molecule is O=C(CCc1ccc(CN2CCN(C(=O)N3CCOCC3)CC2)cc1)NCCOC(=O)N(c1ccccc1-c1ccccc1)N1CC[CH]CC1. The normalized spacial score (nSPS) is 17.3. The quantitative estimate of drug-likeness (QED) is 0.290. The number of nitrogens with one attached hydrogen (secondary N) is 1. The van der Waals surface area contributed by atoms with E-state index in [1.807, 2.05) is 69.4 Å². The van der Waals surface area contributed by atoms with Crippen molar-refractivity contribution < 1.29 is 23.9 Å². The van der Waals surface area contributed by atoms with E-state index in [0.29, 0.717) is 39.1 Å². The molecule has 0 spiro atoms. The first-order valence-electron chi connectivity index (χ1n) is 17.9. The highest BCUT2D eigenvalue weighted by Crippen LogP contribution is 2.33. The number of hydrogen-bond donors (Lipinski definition) is 1. The maximum absolute atomic E-state index is 13.6. The van der Waals surface area contributed by atoms with Gasteiger partial charge in [-0.1, -0.05) is 72.8 Å². The van der Waals surface area contributed by atoms with Gasteiger partial charge in [-0.15, -0.1) is 0 Å². The molecule has 0 saturated carbocycles. The van der Waals surface area contributed by atoms with Gasteiger partial charge in [0.25, 0.3) is 0 Å². The molecule has 1 N–H and O–H groups in total. The number of carbonyl (C=O) groups is 3. The van der Waals surface area contributed by atoms with Crippen molar-refractivity contribution in [3.8, 4) is 11.1 Å². The number of amides is 4. The first kappa shape index (κ1) is 35.4. The Balaban J connectivity index is 0.920.